The van der Waals surface area contributed by atoms with Crippen molar-refractivity contribution in [3.63, 3.8) is 0 Å². The minimum atomic E-state index is -0.209. The van der Waals surface area contributed by atoms with Gasteiger partial charge in [-0.25, -0.2) is 0 Å². The van der Waals surface area contributed by atoms with E-state index in [2.05, 4.69) is 17.2 Å². The fourth-order valence-electron chi connectivity index (χ4n) is 2.11. The number of hydrogen-bond acceptors (Lipinski definition) is 3. The summed E-state index contributed by atoms with van der Waals surface area (Å²) in [5.41, 5.74) is 2.78. The third kappa shape index (κ3) is 5.72. The number of rotatable bonds is 8. The van der Waals surface area contributed by atoms with Crippen LogP contribution in [0.5, 0.6) is 5.75 Å². The number of nitrogens with one attached hydrogen (secondary N) is 2. The van der Waals surface area contributed by atoms with Crippen molar-refractivity contribution in [2.24, 2.45) is 0 Å². The second kappa shape index (κ2) is 9.11. The minimum absolute atomic E-state index is 0.0655. The first kappa shape index (κ1) is 18.0. The molecule has 2 rings (SSSR count). The van der Waals surface area contributed by atoms with Gasteiger partial charge in [0, 0.05) is 29.4 Å². The molecule has 0 bridgehead atoms. The fraction of sp³-hybridized carbons (Fsp3) is 0.211. The summed E-state index contributed by atoms with van der Waals surface area (Å²) in [7, 11) is 0. The zero-order chi connectivity index (χ0) is 17.4. The average Bonchev–Trinajstić information content (AvgIpc) is 2.56. The number of anilines is 1. The van der Waals surface area contributed by atoms with Crippen LogP contribution in [0.15, 0.2) is 55.1 Å². The molecule has 2 N–H and O–H groups in total. The van der Waals surface area contributed by atoms with Crippen LogP contribution in [0.1, 0.15) is 11.1 Å². The van der Waals surface area contributed by atoms with Crippen molar-refractivity contribution in [2.75, 3.05) is 18.5 Å². The average molecular weight is 345 g/mol. The predicted molar refractivity (Wildman–Crippen MR) is 98.7 cm³/mol. The summed E-state index contributed by atoms with van der Waals surface area (Å²) < 4.78 is 5.64. The highest BCUT2D eigenvalue weighted by atomic mass is 35.5. The molecular weight excluding hydrogens is 324 g/mol. The number of halogens is 1. The Morgan fingerprint density at radius 1 is 1.25 bits per heavy atom. The van der Waals surface area contributed by atoms with Crippen molar-refractivity contribution >= 4 is 23.2 Å². The maximum atomic E-state index is 12.0. The van der Waals surface area contributed by atoms with Gasteiger partial charge in [-0.3, -0.25) is 4.79 Å². The van der Waals surface area contributed by atoms with Crippen LogP contribution in [0, 0.1) is 6.92 Å². The lowest BCUT2D eigenvalue weighted by Crippen LogP contribution is -2.21. The lowest BCUT2D eigenvalue weighted by atomic mass is 10.2. The van der Waals surface area contributed by atoms with Gasteiger partial charge in [0.25, 0.3) is 5.91 Å². The number of carbonyl (C=O) groups is 1. The maximum absolute atomic E-state index is 12.0. The molecule has 0 heterocycles. The van der Waals surface area contributed by atoms with E-state index in [9.17, 15) is 4.79 Å². The van der Waals surface area contributed by atoms with Gasteiger partial charge < -0.3 is 15.4 Å². The summed E-state index contributed by atoms with van der Waals surface area (Å²) in [5.74, 6) is 0.425. The molecule has 0 saturated heterocycles. The Hall–Kier alpha value is -2.30. The number of aryl methyl sites for hydroxylation is 1. The molecule has 5 heteroatoms. The third-order valence-electron chi connectivity index (χ3n) is 3.32. The zero-order valence-electron chi connectivity index (χ0n) is 13.6. The molecule has 0 fully saturated rings. The number of benzene rings is 2. The maximum Gasteiger partial charge on any atom is 0.262 e. The molecule has 0 spiro atoms. The van der Waals surface area contributed by atoms with Gasteiger partial charge in [-0.15, -0.1) is 6.58 Å². The highest BCUT2D eigenvalue weighted by Gasteiger charge is 2.08. The van der Waals surface area contributed by atoms with E-state index in [-0.39, 0.29) is 12.5 Å². The van der Waals surface area contributed by atoms with Crippen LogP contribution in [-0.4, -0.2) is 19.1 Å². The van der Waals surface area contributed by atoms with Gasteiger partial charge in [-0.2, -0.15) is 0 Å². The van der Waals surface area contributed by atoms with Crippen LogP contribution in [-0.2, 0) is 11.3 Å². The predicted octanol–water partition coefficient (Wildman–Crippen LogP) is 3.94. The Balaban J connectivity index is 1.93. The molecule has 0 unspecified atom stereocenters. The number of amides is 1. The largest absolute Gasteiger partial charge is 0.483 e. The highest BCUT2D eigenvalue weighted by molar-refractivity contribution is 6.30. The molecule has 0 aliphatic carbocycles. The van der Waals surface area contributed by atoms with Crippen LogP contribution < -0.4 is 15.4 Å². The van der Waals surface area contributed by atoms with Crippen molar-refractivity contribution in [2.45, 2.75) is 13.5 Å². The quantitative estimate of drug-likeness (QED) is 0.563. The SMILES string of the molecule is C=CCNCc1cc(Cl)ccc1OCC(=O)Nc1ccc(C)cc1. The lowest BCUT2D eigenvalue weighted by Gasteiger charge is -2.12. The Morgan fingerprint density at radius 3 is 2.71 bits per heavy atom. The monoisotopic (exact) mass is 344 g/mol. The summed E-state index contributed by atoms with van der Waals surface area (Å²) >= 11 is 6.03. The van der Waals surface area contributed by atoms with E-state index < -0.39 is 0 Å². The zero-order valence-corrected chi connectivity index (χ0v) is 14.4. The topological polar surface area (TPSA) is 50.4 Å². The number of carbonyl (C=O) groups excluding carboxylic acids is 1. The lowest BCUT2D eigenvalue weighted by molar-refractivity contribution is -0.118. The molecule has 0 aromatic heterocycles. The van der Waals surface area contributed by atoms with Crippen molar-refractivity contribution in [1.29, 1.82) is 0 Å². The second-order valence-corrected chi connectivity index (χ2v) is 5.81. The van der Waals surface area contributed by atoms with E-state index >= 15 is 0 Å². The molecule has 0 atom stereocenters. The summed E-state index contributed by atoms with van der Waals surface area (Å²) in [6.45, 7) is 6.86. The molecule has 24 heavy (non-hydrogen) atoms. The summed E-state index contributed by atoms with van der Waals surface area (Å²) in [5, 5.41) is 6.62. The van der Waals surface area contributed by atoms with Gasteiger partial charge in [-0.05, 0) is 37.3 Å². The van der Waals surface area contributed by atoms with Crippen LogP contribution in [0.2, 0.25) is 5.02 Å². The van der Waals surface area contributed by atoms with Gasteiger partial charge >= 0.3 is 0 Å². The third-order valence-corrected chi connectivity index (χ3v) is 3.56. The van der Waals surface area contributed by atoms with Crippen molar-refractivity contribution < 1.29 is 9.53 Å². The Morgan fingerprint density at radius 2 is 2.00 bits per heavy atom. The van der Waals surface area contributed by atoms with Crippen molar-refractivity contribution in [1.82, 2.24) is 5.32 Å². The molecular formula is C19H21ClN2O2. The van der Waals surface area contributed by atoms with Gasteiger partial charge in [0.05, 0.1) is 0 Å². The molecule has 1 amide bonds. The molecule has 0 radical (unpaired) electrons. The molecule has 2 aromatic rings. The standard InChI is InChI=1S/C19H21ClN2O2/c1-3-10-21-12-15-11-16(20)6-9-18(15)24-13-19(23)22-17-7-4-14(2)5-8-17/h3-9,11,21H,1,10,12-13H2,2H3,(H,22,23). The Kier molecular flexibility index (Phi) is 6.85. The summed E-state index contributed by atoms with van der Waals surface area (Å²) in [6.07, 6.45) is 1.78. The smallest absolute Gasteiger partial charge is 0.262 e. The Bertz CT molecular complexity index is 699. The molecule has 126 valence electrons. The molecule has 0 saturated carbocycles. The first-order chi connectivity index (χ1) is 11.6. The van der Waals surface area contributed by atoms with Crippen molar-refractivity contribution in [3.05, 3.63) is 71.3 Å². The number of ether oxygens (including phenoxy) is 1. The second-order valence-electron chi connectivity index (χ2n) is 5.37. The van der Waals surface area contributed by atoms with E-state index in [1.54, 1.807) is 18.2 Å². The van der Waals surface area contributed by atoms with Crippen molar-refractivity contribution in [3.8, 4) is 5.75 Å². The fourth-order valence-corrected chi connectivity index (χ4v) is 2.31. The first-order valence-corrected chi connectivity index (χ1v) is 8.05. The normalized spacial score (nSPS) is 10.2. The molecule has 0 aliphatic rings. The molecule has 2 aromatic carbocycles. The van der Waals surface area contributed by atoms with E-state index in [1.165, 1.54) is 0 Å². The van der Waals surface area contributed by atoms with Gasteiger partial charge in [0.1, 0.15) is 5.75 Å². The van der Waals surface area contributed by atoms with Crippen LogP contribution in [0.3, 0.4) is 0 Å². The van der Waals surface area contributed by atoms with E-state index in [0.29, 0.717) is 23.9 Å². The van der Waals surface area contributed by atoms with Crippen LogP contribution in [0.4, 0.5) is 5.69 Å². The van der Waals surface area contributed by atoms with Gasteiger partial charge in [0.15, 0.2) is 6.61 Å². The first-order valence-electron chi connectivity index (χ1n) is 7.68. The van der Waals surface area contributed by atoms with Gasteiger partial charge in [-0.1, -0.05) is 35.4 Å². The Labute approximate surface area is 147 Å². The van der Waals surface area contributed by atoms with Gasteiger partial charge in [0.2, 0.25) is 0 Å². The molecule has 4 nitrogen and oxygen atoms in total. The van der Waals surface area contributed by atoms with Crippen LogP contribution >= 0.6 is 11.6 Å². The molecule has 0 aliphatic heterocycles. The highest BCUT2D eigenvalue weighted by Crippen LogP contribution is 2.23. The number of hydrogen-bond donors (Lipinski definition) is 2. The van der Waals surface area contributed by atoms with E-state index in [4.69, 9.17) is 16.3 Å². The van der Waals surface area contributed by atoms with E-state index in [0.717, 1.165) is 16.8 Å². The minimum Gasteiger partial charge on any atom is -0.483 e. The van der Waals surface area contributed by atoms with Crippen LogP contribution in [0.25, 0.3) is 0 Å². The summed E-state index contributed by atoms with van der Waals surface area (Å²) in [6, 6.07) is 12.9. The summed E-state index contributed by atoms with van der Waals surface area (Å²) in [4.78, 5) is 12.0. The van der Waals surface area contributed by atoms with E-state index in [1.807, 2.05) is 37.3 Å².